The van der Waals surface area contributed by atoms with E-state index in [0.29, 0.717) is 18.0 Å². The summed E-state index contributed by atoms with van der Waals surface area (Å²) < 4.78 is 11.0. The molecular formula is C23H29N3O4S. The molecule has 2 aromatic rings. The molecule has 0 spiro atoms. The van der Waals surface area contributed by atoms with E-state index in [-0.39, 0.29) is 18.4 Å². The van der Waals surface area contributed by atoms with Gasteiger partial charge in [0.15, 0.2) is 6.10 Å². The number of fused-ring (bicyclic) bond motifs is 1. The van der Waals surface area contributed by atoms with Gasteiger partial charge in [-0.1, -0.05) is 12.8 Å². The van der Waals surface area contributed by atoms with Gasteiger partial charge in [0, 0.05) is 37.6 Å². The number of carbonyl (C=O) groups is 2. The smallest absolute Gasteiger partial charge is 0.268 e. The van der Waals surface area contributed by atoms with Gasteiger partial charge in [-0.25, -0.2) is 4.98 Å². The van der Waals surface area contributed by atoms with Gasteiger partial charge in [-0.2, -0.15) is 0 Å². The number of thiazole rings is 1. The number of benzene rings is 1. The van der Waals surface area contributed by atoms with Gasteiger partial charge in [-0.05, 0) is 38.0 Å². The summed E-state index contributed by atoms with van der Waals surface area (Å²) in [4.78, 5) is 34.1. The molecule has 0 aliphatic carbocycles. The molecule has 0 bridgehead atoms. The van der Waals surface area contributed by atoms with E-state index in [1.165, 1.54) is 0 Å². The fourth-order valence-corrected chi connectivity index (χ4v) is 4.82. The molecule has 31 heavy (non-hydrogen) atoms. The summed E-state index contributed by atoms with van der Waals surface area (Å²) in [5, 5.41) is 3.01. The van der Waals surface area contributed by atoms with Crippen LogP contribution in [0.15, 0.2) is 23.6 Å². The Morgan fingerprint density at radius 1 is 1.26 bits per heavy atom. The molecule has 1 unspecified atom stereocenters. The van der Waals surface area contributed by atoms with Crippen molar-refractivity contribution >= 4 is 28.8 Å². The number of ether oxygens (including phenoxy) is 2. The van der Waals surface area contributed by atoms with Crippen LogP contribution in [0.25, 0.3) is 11.3 Å². The molecule has 166 valence electrons. The van der Waals surface area contributed by atoms with Crippen LogP contribution in [-0.4, -0.2) is 61.2 Å². The Hall–Kier alpha value is -2.45. The Morgan fingerprint density at radius 3 is 2.77 bits per heavy atom. The number of hydrogen-bond donors (Lipinski definition) is 0. The third-order valence-electron chi connectivity index (χ3n) is 5.79. The monoisotopic (exact) mass is 443 g/mol. The minimum Gasteiger partial charge on any atom is -0.479 e. The first kappa shape index (κ1) is 21.8. The maximum Gasteiger partial charge on any atom is 0.268 e. The van der Waals surface area contributed by atoms with Crippen molar-refractivity contribution in [2.24, 2.45) is 0 Å². The van der Waals surface area contributed by atoms with Crippen LogP contribution in [0.1, 0.15) is 37.6 Å². The van der Waals surface area contributed by atoms with Gasteiger partial charge in [0.05, 0.1) is 23.0 Å². The summed E-state index contributed by atoms with van der Waals surface area (Å²) in [6, 6.07) is 5.72. The zero-order valence-corrected chi connectivity index (χ0v) is 19.0. The molecule has 1 aromatic carbocycles. The molecule has 2 aliphatic rings. The number of hydrogen-bond acceptors (Lipinski definition) is 6. The predicted octanol–water partition coefficient (Wildman–Crippen LogP) is 3.52. The lowest BCUT2D eigenvalue weighted by Gasteiger charge is -2.34. The quantitative estimate of drug-likeness (QED) is 0.683. The van der Waals surface area contributed by atoms with Gasteiger partial charge in [0.25, 0.3) is 5.91 Å². The first-order valence-corrected chi connectivity index (χ1v) is 11.8. The highest BCUT2D eigenvalue weighted by molar-refractivity contribution is 7.09. The summed E-state index contributed by atoms with van der Waals surface area (Å²) in [7, 11) is 1.68. The molecule has 7 nitrogen and oxygen atoms in total. The molecule has 0 radical (unpaired) electrons. The third-order valence-corrected chi connectivity index (χ3v) is 6.70. The van der Waals surface area contributed by atoms with E-state index >= 15 is 0 Å². The summed E-state index contributed by atoms with van der Waals surface area (Å²) >= 11 is 1.59. The summed E-state index contributed by atoms with van der Waals surface area (Å²) in [6.45, 7) is 3.93. The topological polar surface area (TPSA) is 72.0 Å². The van der Waals surface area contributed by atoms with Crippen molar-refractivity contribution in [3.8, 4) is 17.0 Å². The lowest BCUT2D eigenvalue weighted by molar-refractivity contribution is -0.133. The van der Waals surface area contributed by atoms with Crippen LogP contribution in [0.4, 0.5) is 5.69 Å². The van der Waals surface area contributed by atoms with Gasteiger partial charge in [0.2, 0.25) is 5.91 Å². The average molecular weight is 444 g/mol. The number of anilines is 1. The molecule has 0 N–H and O–H groups in total. The molecule has 2 amide bonds. The van der Waals surface area contributed by atoms with E-state index in [0.717, 1.165) is 61.5 Å². The molecule has 1 fully saturated rings. The number of aromatic nitrogens is 1. The summed E-state index contributed by atoms with van der Waals surface area (Å²) in [6.07, 6.45) is 4.51. The van der Waals surface area contributed by atoms with Gasteiger partial charge < -0.3 is 14.4 Å². The SMILES string of the molecule is COCCc1nc(-c2ccc3c(c2)N(CC(=O)N2CCCCCC2)C(=O)C(C)O3)cs1. The molecule has 3 heterocycles. The maximum atomic E-state index is 13.0. The Morgan fingerprint density at radius 2 is 2.03 bits per heavy atom. The molecule has 1 aromatic heterocycles. The third kappa shape index (κ3) is 4.91. The largest absolute Gasteiger partial charge is 0.479 e. The fraction of sp³-hybridized carbons (Fsp3) is 0.522. The summed E-state index contributed by atoms with van der Waals surface area (Å²) in [5.74, 6) is 0.428. The van der Waals surface area contributed by atoms with Crippen molar-refractivity contribution in [2.45, 2.75) is 45.1 Å². The van der Waals surface area contributed by atoms with Crippen LogP contribution >= 0.6 is 11.3 Å². The second-order valence-corrected chi connectivity index (χ2v) is 8.97. The fourth-order valence-electron chi connectivity index (χ4n) is 4.03. The van der Waals surface area contributed by atoms with E-state index in [1.54, 1.807) is 30.3 Å². The summed E-state index contributed by atoms with van der Waals surface area (Å²) in [5.41, 5.74) is 2.39. The Balaban J connectivity index is 1.59. The minimum absolute atomic E-state index is 0.00351. The highest BCUT2D eigenvalue weighted by Crippen LogP contribution is 2.38. The van der Waals surface area contributed by atoms with Crippen LogP contribution in [0.2, 0.25) is 0 Å². The van der Waals surface area contributed by atoms with Crippen molar-refractivity contribution < 1.29 is 19.1 Å². The van der Waals surface area contributed by atoms with E-state index in [4.69, 9.17) is 9.47 Å². The second kappa shape index (κ2) is 9.78. The number of amides is 2. The standard InChI is InChI=1S/C23H29N3O4S/c1-16-23(28)26(14-22(27)25-10-5-3-4-6-11-25)19-13-17(7-8-20(19)30-16)18-15-31-21(24-18)9-12-29-2/h7-8,13,15-16H,3-6,9-12,14H2,1-2H3. The zero-order valence-electron chi connectivity index (χ0n) is 18.1. The van der Waals surface area contributed by atoms with Crippen molar-refractivity contribution in [2.75, 3.05) is 38.3 Å². The normalized spacial score (nSPS) is 19.0. The highest BCUT2D eigenvalue weighted by atomic mass is 32.1. The van der Waals surface area contributed by atoms with Crippen molar-refractivity contribution in [3.05, 3.63) is 28.6 Å². The van der Waals surface area contributed by atoms with Crippen LogP contribution < -0.4 is 9.64 Å². The molecular weight excluding hydrogens is 414 g/mol. The van der Waals surface area contributed by atoms with Crippen molar-refractivity contribution in [1.29, 1.82) is 0 Å². The molecule has 1 saturated heterocycles. The van der Waals surface area contributed by atoms with E-state index in [9.17, 15) is 9.59 Å². The van der Waals surface area contributed by atoms with E-state index in [2.05, 4.69) is 4.98 Å². The number of rotatable bonds is 6. The molecule has 1 atom stereocenters. The first-order valence-electron chi connectivity index (χ1n) is 10.9. The van der Waals surface area contributed by atoms with Gasteiger partial charge in [0.1, 0.15) is 12.3 Å². The second-order valence-electron chi connectivity index (χ2n) is 8.03. The minimum atomic E-state index is -0.616. The highest BCUT2D eigenvalue weighted by Gasteiger charge is 2.34. The average Bonchev–Trinajstić information content (AvgIpc) is 3.07. The number of likely N-dealkylation sites (tertiary alicyclic amines) is 1. The van der Waals surface area contributed by atoms with Crippen molar-refractivity contribution in [1.82, 2.24) is 9.88 Å². The lowest BCUT2D eigenvalue weighted by Crippen LogP contribution is -2.49. The van der Waals surface area contributed by atoms with Crippen LogP contribution in [0.3, 0.4) is 0 Å². The number of methoxy groups -OCH3 is 1. The van der Waals surface area contributed by atoms with Gasteiger partial charge >= 0.3 is 0 Å². The van der Waals surface area contributed by atoms with Crippen LogP contribution in [0.5, 0.6) is 5.75 Å². The Bertz CT molecular complexity index is 937. The Kier molecular flexibility index (Phi) is 6.87. The van der Waals surface area contributed by atoms with Crippen LogP contribution in [0, 0.1) is 0 Å². The maximum absolute atomic E-state index is 13.0. The van der Waals surface area contributed by atoms with Crippen molar-refractivity contribution in [3.63, 3.8) is 0 Å². The van der Waals surface area contributed by atoms with E-state index in [1.807, 2.05) is 28.5 Å². The lowest BCUT2D eigenvalue weighted by atomic mass is 10.1. The molecule has 4 rings (SSSR count). The van der Waals surface area contributed by atoms with Crippen LogP contribution in [-0.2, 0) is 20.7 Å². The molecule has 8 heteroatoms. The first-order chi connectivity index (χ1) is 15.1. The van der Waals surface area contributed by atoms with E-state index < -0.39 is 6.10 Å². The van der Waals surface area contributed by atoms with Gasteiger partial charge in [-0.15, -0.1) is 11.3 Å². The molecule has 0 saturated carbocycles. The molecule has 2 aliphatic heterocycles. The van der Waals surface area contributed by atoms with Gasteiger partial charge in [-0.3, -0.25) is 14.5 Å². The zero-order chi connectivity index (χ0) is 21.8. The predicted molar refractivity (Wildman–Crippen MR) is 121 cm³/mol. The number of carbonyl (C=O) groups excluding carboxylic acids is 2. The Labute approximate surface area is 187 Å². The number of nitrogens with zero attached hydrogens (tertiary/aromatic N) is 3.